The standard InChI is InChI=1S/C32H39N5O3.C3H9N.2H2/c1-25(30(38)36-27-16-14-26(15-17-27)18-21-35-31(39)40-32(2,3)4)11-7-10-22-37(23-28-12-5-8-19-33-28)24-29-13-6-9-20-34-29;1-4(2)3;;/h5-17,19-20H,18,21-24H2,1-4H3,(H,35,39)(H,36,38);1-3H3;2*1H/b10-7+,25-11+;;;. The second-order valence-corrected chi connectivity index (χ2v) is 11.8. The normalized spacial score (nSPS) is 11.7. The van der Waals surface area contributed by atoms with Gasteiger partial charge in [-0.25, -0.2) is 4.79 Å². The van der Waals surface area contributed by atoms with Crippen LogP contribution in [-0.4, -0.2) is 71.6 Å². The summed E-state index contributed by atoms with van der Waals surface area (Å²) in [6.45, 7) is 9.81. The highest BCUT2D eigenvalue weighted by molar-refractivity contribution is 6.03. The quantitative estimate of drug-likeness (QED) is 0.183. The molecule has 1 aromatic carbocycles. The summed E-state index contributed by atoms with van der Waals surface area (Å²) in [5.74, 6) is -0.164. The Hall–Kier alpha value is -4.34. The van der Waals surface area contributed by atoms with E-state index in [1.54, 1.807) is 19.3 Å². The highest BCUT2D eigenvalue weighted by atomic mass is 16.6. The van der Waals surface area contributed by atoms with Gasteiger partial charge in [0.1, 0.15) is 5.60 Å². The van der Waals surface area contributed by atoms with Crippen molar-refractivity contribution in [1.82, 2.24) is 25.1 Å². The van der Waals surface area contributed by atoms with E-state index in [4.69, 9.17) is 4.74 Å². The Labute approximate surface area is 266 Å². The van der Waals surface area contributed by atoms with Crippen molar-refractivity contribution in [1.29, 1.82) is 0 Å². The van der Waals surface area contributed by atoms with Gasteiger partial charge in [0.25, 0.3) is 5.91 Å². The zero-order valence-electron chi connectivity index (χ0n) is 27.2. The Morgan fingerprint density at radius 2 is 1.48 bits per heavy atom. The number of allylic oxidation sites excluding steroid dienone is 2. The number of rotatable bonds is 12. The molecule has 3 aromatic rings. The molecule has 3 rings (SSSR count). The molecule has 0 spiro atoms. The van der Waals surface area contributed by atoms with Gasteiger partial charge in [-0.3, -0.25) is 19.7 Å². The van der Waals surface area contributed by atoms with Gasteiger partial charge in [0.05, 0.1) is 11.4 Å². The lowest BCUT2D eigenvalue weighted by Gasteiger charge is -2.19. The first-order chi connectivity index (χ1) is 20.9. The summed E-state index contributed by atoms with van der Waals surface area (Å²) in [5.41, 5.74) is 3.81. The lowest BCUT2D eigenvalue weighted by Crippen LogP contribution is -2.33. The fraction of sp³-hybridized carbons (Fsp3) is 0.371. The highest BCUT2D eigenvalue weighted by Gasteiger charge is 2.15. The fourth-order valence-corrected chi connectivity index (χ4v) is 3.73. The van der Waals surface area contributed by atoms with E-state index < -0.39 is 11.7 Å². The van der Waals surface area contributed by atoms with Crippen molar-refractivity contribution < 1.29 is 17.2 Å². The summed E-state index contributed by atoms with van der Waals surface area (Å²) in [5, 5.41) is 5.68. The van der Waals surface area contributed by atoms with E-state index in [2.05, 4.69) is 25.5 Å². The number of alkyl carbamates (subject to hydrolysis) is 1. The minimum Gasteiger partial charge on any atom is -0.444 e. The number of carbonyl (C=O) groups excluding carboxylic acids is 2. The van der Waals surface area contributed by atoms with Crippen molar-refractivity contribution >= 4 is 17.7 Å². The molecule has 9 heteroatoms. The first-order valence-corrected chi connectivity index (χ1v) is 14.7. The van der Waals surface area contributed by atoms with E-state index in [9.17, 15) is 9.59 Å². The number of hydrogen-bond acceptors (Lipinski definition) is 7. The fourth-order valence-electron chi connectivity index (χ4n) is 3.73. The van der Waals surface area contributed by atoms with Gasteiger partial charge in [-0.15, -0.1) is 0 Å². The van der Waals surface area contributed by atoms with Gasteiger partial charge >= 0.3 is 6.09 Å². The number of aromatic nitrogens is 2. The molecule has 44 heavy (non-hydrogen) atoms. The molecule has 240 valence electrons. The Kier molecular flexibility index (Phi) is 15.5. The average molecular weight is 605 g/mol. The lowest BCUT2D eigenvalue weighted by molar-refractivity contribution is -0.112. The largest absolute Gasteiger partial charge is 0.444 e. The summed E-state index contributed by atoms with van der Waals surface area (Å²) >= 11 is 0. The first kappa shape index (κ1) is 35.9. The summed E-state index contributed by atoms with van der Waals surface area (Å²) < 4.78 is 5.24. The molecule has 9 nitrogen and oxygen atoms in total. The van der Waals surface area contributed by atoms with Crippen LogP contribution in [0.25, 0.3) is 0 Å². The molecule has 0 aliphatic rings. The van der Waals surface area contributed by atoms with Gasteiger partial charge in [0.15, 0.2) is 0 Å². The van der Waals surface area contributed by atoms with Crippen LogP contribution in [0.2, 0.25) is 0 Å². The molecule has 0 saturated heterocycles. The van der Waals surface area contributed by atoms with Crippen molar-refractivity contribution in [3.8, 4) is 0 Å². The molecule has 2 heterocycles. The van der Waals surface area contributed by atoms with Crippen LogP contribution < -0.4 is 10.6 Å². The van der Waals surface area contributed by atoms with Gasteiger partial charge in [0.2, 0.25) is 0 Å². The predicted octanol–water partition coefficient (Wildman–Crippen LogP) is 6.36. The average Bonchev–Trinajstić information content (AvgIpc) is 2.96. The molecule has 0 aliphatic heterocycles. The number of carbonyl (C=O) groups is 2. The van der Waals surface area contributed by atoms with Gasteiger partial charge < -0.3 is 20.3 Å². The second kappa shape index (κ2) is 19.0. The minimum atomic E-state index is -0.521. The van der Waals surface area contributed by atoms with Crippen molar-refractivity contribution in [3.05, 3.63) is 114 Å². The van der Waals surface area contributed by atoms with Gasteiger partial charge in [-0.2, -0.15) is 0 Å². The Morgan fingerprint density at radius 1 is 0.909 bits per heavy atom. The zero-order chi connectivity index (χ0) is 32.4. The third kappa shape index (κ3) is 16.3. The Morgan fingerprint density at radius 3 is 1.98 bits per heavy atom. The molecule has 0 aliphatic carbocycles. The summed E-state index contributed by atoms with van der Waals surface area (Å²) in [7, 11) is 6.00. The van der Waals surface area contributed by atoms with Crippen molar-refractivity contribution in [2.45, 2.75) is 52.8 Å². The van der Waals surface area contributed by atoms with E-state index >= 15 is 0 Å². The molecule has 0 fully saturated rings. The monoisotopic (exact) mass is 604 g/mol. The van der Waals surface area contributed by atoms with Crippen LogP contribution in [-0.2, 0) is 29.0 Å². The number of benzene rings is 1. The summed E-state index contributed by atoms with van der Waals surface area (Å²) in [4.78, 5) is 37.6. The number of nitrogens with one attached hydrogen (secondary N) is 2. The van der Waals surface area contributed by atoms with Crippen LogP contribution in [0.5, 0.6) is 0 Å². The number of nitrogens with zero attached hydrogens (tertiary/aromatic N) is 4. The van der Waals surface area contributed by atoms with E-state index in [1.165, 1.54) is 0 Å². The predicted molar refractivity (Wildman–Crippen MR) is 182 cm³/mol. The first-order valence-electron chi connectivity index (χ1n) is 14.7. The van der Waals surface area contributed by atoms with Crippen LogP contribution >= 0.6 is 0 Å². The lowest BCUT2D eigenvalue weighted by atomic mass is 10.1. The van der Waals surface area contributed by atoms with Crippen molar-refractivity contribution in [2.24, 2.45) is 0 Å². The van der Waals surface area contributed by atoms with E-state index in [-0.39, 0.29) is 8.76 Å². The SMILES string of the molecule is C/C(=C\C=C\CN(Cc1ccccn1)Cc1ccccn1)C(=O)Nc1ccc(CCNC(=O)OC(C)(C)C)cc1.CN(C)C.[HH].[HH]. The summed E-state index contributed by atoms with van der Waals surface area (Å²) in [6, 6.07) is 19.4. The van der Waals surface area contributed by atoms with Gasteiger partial charge in [-0.1, -0.05) is 42.5 Å². The zero-order valence-corrected chi connectivity index (χ0v) is 27.2. The smallest absolute Gasteiger partial charge is 0.407 e. The molecular weight excluding hydrogens is 552 g/mol. The van der Waals surface area contributed by atoms with E-state index in [0.29, 0.717) is 43.9 Å². The third-order valence-electron chi connectivity index (χ3n) is 5.72. The van der Waals surface area contributed by atoms with E-state index in [0.717, 1.165) is 17.0 Å². The maximum absolute atomic E-state index is 12.7. The molecule has 0 saturated carbocycles. The minimum absolute atomic E-state index is 0. The molecule has 0 radical (unpaired) electrons. The maximum atomic E-state index is 12.7. The number of anilines is 1. The molecule has 0 atom stereocenters. The highest BCUT2D eigenvalue weighted by Crippen LogP contribution is 2.12. The molecule has 2 aromatic heterocycles. The van der Waals surface area contributed by atoms with Crippen molar-refractivity contribution in [2.75, 3.05) is 39.5 Å². The Bertz CT molecular complexity index is 1290. The topological polar surface area (TPSA) is 99.7 Å². The molecule has 0 bridgehead atoms. The molecule has 2 N–H and O–H groups in total. The molecular formula is C35H52N6O3. The van der Waals surface area contributed by atoms with Crippen LogP contribution in [0, 0.1) is 0 Å². The number of amides is 2. The second-order valence-electron chi connectivity index (χ2n) is 11.8. The van der Waals surface area contributed by atoms with Gasteiger partial charge in [-0.05, 0) is 97.2 Å². The molecule has 0 unspecified atom stereocenters. The van der Waals surface area contributed by atoms with Crippen LogP contribution in [0.1, 0.15) is 47.5 Å². The van der Waals surface area contributed by atoms with Gasteiger partial charge in [0, 0.05) is 52.7 Å². The van der Waals surface area contributed by atoms with Crippen LogP contribution in [0.4, 0.5) is 10.5 Å². The molecule has 2 amide bonds. The van der Waals surface area contributed by atoms with E-state index in [1.807, 2.05) is 126 Å². The Balaban J connectivity index is 0.00000318. The van der Waals surface area contributed by atoms with Crippen LogP contribution in [0.15, 0.2) is 96.9 Å². The summed E-state index contributed by atoms with van der Waals surface area (Å²) in [6.07, 6.45) is 9.57. The number of hydrogen-bond donors (Lipinski definition) is 2. The maximum Gasteiger partial charge on any atom is 0.407 e. The van der Waals surface area contributed by atoms with Crippen LogP contribution in [0.3, 0.4) is 0 Å². The third-order valence-corrected chi connectivity index (χ3v) is 5.72. The number of pyridine rings is 2. The number of ether oxygens (including phenoxy) is 1. The van der Waals surface area contributed by atoms with Crippen molar-refractivity contribution in [3.63, 3.8) is 0 Å².